The molecule has 1 heterocycles. The molecule has 0 aliphatic heterocycles. The van der Waals surface area contributed by atoms with E-state index in [4.69, 9.17) is 24.4 Å². The zero-order valence-electron chi connectivity index (χ0n) is 16.6. The Labute approximate surface area is 172 Å². The SMILES string of the molecule is CCCOC(=O)c1ccc(Oc2c(C)oc3cc(OCC(N)=O)ccc3c2=O)cc1. The largest absolute Gasteiger partial charge is 0.484 e. The summed E-state index contributed by atoms with van der Waals surface area (Å²) in [5.41, 5.74) is 5.39. The van der Waals surface area contributed by atoms with Crippen LogP contribution in [-0.4, -0.2) is 25.1 Å². The number of amides is 1. The van der Waals surface area contributed by atoms with Crippen LogP contribution >= 0.6 is 0 Å². The summed E-state index contributed by atoms with van der Waals surface area (Å²) in [5, 5.41) is 0.293. The Morgan fingerprint density at radius 1 is 1.07 bits per heavy atom. The molecule has 3 aromatic rings. The molecule has 0 radical (unpaired) electrons. The highest BCUT2D eigenvalue weighted by Gasteiger charge is 2.15. The second kappa shape index (κ2) is 9.13. The lowest BCUT2D eigenvalue weighted by atomic mass is 10.2. The van der Waals surface area contributed by atoms with E-state index in [0.29, 0.717) is 34.6 Å². The van der Waals surface area contributed by atoms with Crippen LogP contribution in [0, 0.1) is 6.92 Å². The number of esters is 1. The van der Waals surface area contributed by atoms with Gasteiger partial charge in [-0.05, 0) is 49.7 Å². The first-order valence-corrected chi connectivity index (χ1v) is 9.32. The minimum atomic E-state index is -0.610. The number of fused-ring (bicyclic) bond motifs is 1. The van der Waals surface area contributed by atoms with Crippen molar-refractivity contribution in [2.45, 2.75) is 20.3 Å². The third kappa shape index (κ3) is 4.78. The molecular weight excluding hydrogens is 390 g/mol. The number of benzene rings is 2. The third-order valence-electron chi connectivity index (χ3n) is 4.12. The van der Waals surface area contributed by atoms with Gasteiger partial charge in [0.05, 0.1) is 17.6 Å². The summed E-state index contributed by atoms with van der Waals surface area (Å²) in [6, 6.07) is 10.8. The monoisotopic (exact) mass is 411 g/mol. The van der Waals surface area contributed by atoms with Gasteiger partial charge < -0.3 is 24.4 Å². The first-order valence-electron chi connectivity index (χ1n) is 9.32. The molecule has 0 spiro atoms. The number of ether oxygens (including phenoxy) is 3. The van der Waals surface area contributed by atoms with Gasteiger partial charge in [-0.1, -0.05) is 6.92 Å². The molecule has 0 aliphatic rings. The van der Waals surface area contributed by atoms with E-state index in [-0.39, 0.29) is 23.5 Å². The van der Waals surface area contributed by atoms with Gasteiger partial charge in [-0.25, -0.2) is 4.79 Å². The second-order valence-corrected chi connectivity index (χ2v) is 6.49. The molecule has 8 heteroatoms. The Balaban J connectivity index is 1.84. The van der Waals surface area contributed by atoms with Crippen molar-refractivity contribution in [3.05, 3.63) is 64.0 Å². The summed E-state index contributed by atoms with van der Waals surface area (Å²) in [7, 11) is 0. The quantitative estimate of drug-likeness (QED) is 0.565. The minimum Gasteiger partial charge on any atom is -0.484 e. The van der Waals surface area contributed by atoms with Crippen LogP contribution in [0.2, 0.25) is 0 Å². The van der Waals surface area contributed by atoms with Gasteiger partial charge in [0.2, 0.25) is 11.2 Å². The van der Waals surface area contributed by atoms with Crippen LogP contribution in [-0.2, 0) is 9.53 Å². The number of hydrogen-bond donors (Lipinski definition) is 1. The van der Waals surface area contributed by atoms with Crippen molar-refractivity contribution in [2.75, 3.05) is 13.2 Å². The van der Waals surface area contributed by atoms with E-state index >= 15 is 0 Å². The summed E-state index contributed by atoms with van der Waals surface area (Å²) >= 11 is 0. The van der Waals surface area contributed by atoms with Crippen LogP contribution in [0.5, 0.6) is 17.2 Å². The summed E-state index contributed by atoms with van der Waals surface area (Å²) in [5.74, 6) is 0.00199. The van der Waals surface area contributed by atoms with E-state index in [1.54, 1.807) is 31.2 Å². The molecule has 1 amide bonds. The molecule has 0 saturated heterocycles. The first kappa shape index (κ1) is 20.9. The topological polar surface area (TPSA) is 118 Å². The Morgan fingerprint density at radius 3 is 2.43 bits per heavy atom. The van der Waals surface area contributed by atoms with E-state index in [2.05, 4.69) is 0 Å². The van der Waals surface area contributed by atoms with Crippen LogP contribution in [0.4, 0.5) is 0 Å². The van der Waals surface area contributed by atoms with E-state index in [1.807, 2.05) is 6.92 Å². The molecule has 0 atom stereocenters. The molecule has 2 N–H and O–H groups in total. The molecular formula is C22H21NO7. The summed E-state index contributed by atoms with van der Waals surface area (Å²) < 4.78 is 21.7. The predicted octanol–water partition coefficient (Wildman–Crippen LogP) is 3.32. The molecule has 0 fully saturated rings. The highest BCUT2D eigenvalue weighted by atomic mass is 16.5. The molecule has 30 heavy (non-hydrogen) atoms. The van der Waals surface area contributed by atoms with Gasteiger partial charge in [-0.2, -0.15) is 0 Å². The van der Waals surface area contributed by atoms with Gasteiger partial charge in [0.25, 0.3) is 5.91 Å². The Kier molecular flexibility index (Phi) is 6.36. The lowest BCUT2D eigenvalue weighted by molar-refractivity contribution is -0.119. The molecule has 3 rings (SSSR count). The fourth-order valence-electron chi connectivity index (χ4n) is 2.69. The maximum Gasteiger partial charge on any atom is 0.338 e. The van der Waals surface area contributed by atoms with E-state index < -0.39 is 11.9 Å². The fraction of sp³-hybridized carbons (Fsp3) is 0.227. The third-order valence-corrected chi connectivity index (χ3v) is 4.12. The number of aryl methyl sites for hydroxylation is 1. The Hall–Kier alpha value is -3.81. The smallest absolute Gasteiger partial charge is 0.338 e. The van der Waals surface area contributed by atoms with Crippen molar-refractivity contribution in [3.63, 3.8) is 0 Å². The maximum atomic E-state index is 12.9. The normalized spacial score (nSPS) is 10.6. The average molecular weight is 411 g/mol. The molecule has 8 nitrogen and oxygen atoms in total. The van der Waals surface area contributed by atoms with Gasteiger partial charge in [0.15, 0.2) is 6.61 Å². The number of rotatable bonds is 8. The van der Waals surface area contributed by atoms with Gasteiger partial charge in [0.1, 0.15) is 22.8 Å². The fourth-order valence-corrected chi connectivity index (χ4v) is 2.69. The van der Waals surface area contributed by atoms with Gasteiger partial charge >= 0.3 is 5.97 Å². The van der Waals surface area contributed by atoms with Crippen LogP contribution in [0.3, 0.4) is 0 Å². The number of carbonyl (C=O) groups excluding carboxylic acids is 2. The summed E-state index contributed by atoms with van der Waals surface area (Å²) in [6.07, 6.45) is 0.739. The van der Waals surface area contributed by atoms with E-state index in [0.717, 1.165) is 6.42 Å². The molecule has 0 bridgehead atoms. The number of hydrogen-bond acceptors (Lipinski definition) is 7. The average Bonchev–Trinajstić information content (AvgIpc) is 2.73. The Morgan fingerprint density at radius 2 is 1.77 bits per heavy atom. The van der Waals surface area contributed by atoms with E-state index in [1.165, 1.54) is 18.2 Å². The van der Waals surface area contributed by atoms with Crippen LogP contribution < -0.4 is 20.6 Å². The second-order valence-electron chi connectivity index (χ2n) is 6.49. The summed E-state index contributed by atoms with van der Waals surface area (Å²) in [6.45, 7) is 3.59. The van der Waals surface area contributed by atoms with Crippen molar-refractivity contribution < 1.29 is 28.2 Å². The van der Waals surface area contributed by atoms with Crippen LogP contribution in [0.15, 0.2) is 51.7 Å². The van der Waals surface area contributed by atoms with Crippen molar-refractivity contribution in [3.8, 4) is 17.2 Å². The number of carbonyl (C=O) groups is 2. The standard InChI is InChI=1S/C22H21NO7/c1-3-10-27-22(26)14-4-6-15(7-5-14)30-21-13(2)29-18-11-16(28-12-19(23)24)8-9-17(18)20(21)25/h4-9,11H,3,10,12H2,1-2H3,(H2,23,24). The lowest BCUT2D eigenvalue weighted by Crippen LogP contribution is -2.20. The van der Waals surface area contributed by atoms with Crippen molar-refractivity contribution >= 4 is 22.8 Å². The van der Waals surface area contributed by atoms with Crippen molar-refractivity contribution in [1.29, 1.82) is 0 Å². The van der Waals surface area contributed by atoms with Gasteiger partial charge in [-0.15, -0.1) is 0 Å². The van der Waals surface area contributed by atoms with Crippen LogP contribution in [0.25, 0.3) is 11.0 Å². The van der Waals surface area contributed by atoms with Crippen LogP contribution in [0.1, 0.15) is 29.5 Å². The first-order chi connectivity index (χ1) is 14.4. The molecule has 0 unspecified atom stereocenters. The molecule has 2 aromatic carbocycles. The molecule has 156 valence electrons. The number of primary amides is 1. The zero-order valence-corrected chi connectivity index (χ0v) is 16.6. The Bertz CT molecular complexity index is 1130. The lowest BCUT2D eigenvalue weighted by Gasteiger charge is -2.10. The van der Waals surface area contributed by atoms with Gasteiger partial charge in [0, 0.05) is 6.07 Å². The highest BCUT2D eigenvalue weighted by molar-refractivity contribution is 5.89. The molecule has 1 aromatic heterocycles. The zero-order chi connectivity index (χ0) is 21.7. The highest BCUT2D eigenvalue weighted by Crippen LogP contribution is 2.27. The van der Waals surface area contributed by atoms with Gasteiger partial charge in [-0.3, -0.25) is 9.59 Å². The molecule has 0 saturated carbocycles. The summed E-state index contributed by atoms with van der Waals surface area (Å²) in [4.78, 5) is 35.6. The predicted molar refractivity (Wildman–Crippen MR) is 109 cm³/mol. The maximum absolute atomic E-state index is 12.9. The minimum absolute atomic E-state index is 0.0367. The van der Waals surface area contributed by atoms with Crippen molar-refractivity contribution in [2.24, 2.45) is 5.73 Å². The molecule has 0 aliphatic carbocycles. The van der Waals surface area contributed by atoms with E-state index in [9.17, 15) is 14.4 Å². The number of nitrogens with two attached hydrogens (primary N) is 1. The van der Waals surface area contributed by atoms with Crippen molar-refractivity contribution in [1.82, 2.24) is 0 Å².